The second-order valence-corrected chi connectivity index (χ2v) is 5.02. The van der Waals surface area contributed by atoms with E-state index in [2.05, 4.69) is 14.8 Å². The predicted octanol–water partition coefficient (Wildman–Crippen LogP) is 2.26. The lowest BCUT2D eigenvalue weighted by atomic mass is 10.2. The molecule has 7 heteroatoms. The van der Waals surface area contributed by atoms with Gasteiger partial charge in [-0.1, -0.05) is 48.5 Å². The van der Waals surface area contributed by atoms with Crippen molar-refractivity contribution in [3.05, 3.63) is 66.5 Å². The monoisotopic (exact) mass is 337 g/mol. The summed E-state index contributed by atoms with van der Waals surface area (Å²) in [4.78, 5) is 27.5. The van der Waals surface area contributed by atoms with E-state index in [1.807, 2.05) is 60.7 Å². The van der Waals surface area contributed by atoms with Gasteiger partial charge in [-0.2, -0.15) is 0 Å². The van der Waals surface area contributed by atoms with Gasteiger partial charge in [0.25, 0.3) is 5.82 Å². The Bertz CT molecular complexity index is 819. The predicted molar refractivity (Wildman–Crippen MR) is 89.1 cm³/mol. The van der Waals surface area contributed by atoms with Crippen LogP contribution in [0.4, 0.5) is 0 Å². The van der Waals surface area contributed by atoms with Crippen LogP contribution in [-0.4, -0.2) is 40.4 Å². The number of hydrogen-bond donors (Lipinski definition) is 0. The van der Waals surface area contributed by atoms with E-state index in [9.17, 15) is 9.59 Å². The van der Waals surface area contributed by atoms with Crippen LogP contribution in [0, 0.1) is 0 Å². The van der Waals surface area contributed by atoms with Gasteiger partial charge < -0.3 is 9.47 Å². The summed E-state index contributed by atoms with van der Waals surface area (Å²) in [7, 11) is 1.21. The van der Waals surface area contributed by atoms with Gasteiger partial charge >= 0.3 is 11.9 Å². The lowest BCUT2D eigenvalue weighted by Crippen LogP contribution is -2.16. The van der Waals surface area contributed by atoms with Crippen molar-refractivity contribution in [2.24, 2.45) is 0 Å². The highest BCUT2D eigenvalue weighted by Crippen LogP contribution is 2.21. The third-order valence-electron chi connectivity index (χ3n) is 3.37. The second-order valence-electron chi connectivity index (χ2n) is 5.02. The van der Waals surface area contributed by atoms with Crippen molar-refractivity contribution in [2.45, 2.75) is 0 Å². The molecule has 0 fully saturated rings. The first-order chi connectivity index (χ1) is 12.2. The highest BCUT2D eigenvalue weighted by Gasteiger charge is 2.20. The van der Waals surface area contributed by atoms with Crippen LogP contribution in [0.2, 0.25) is 0 Å². The number of carbonyl (C=O) groups excluding carboxylic acids is 2. The summed E-state index contributed by atoms with van der Waals surface area (Å²) in [5.41, 5.74) is 1.55. The fraction of sp³-hybridized carbons (Fsp3) is 0.111. The normalized spacial score (nSPS) is 10.3. The molecule has 126 valence electrons. The van der Waals surface area contributed by atoms with Gasteiger partial charge in [0, 0.05) is 5.56 Å². The highest BCUT2D eigenvalue weighted by atomic mass is 16.6. The molecule has 0 saturated carbocycles. The minimum absolute atomic E-state index is 0.133. The molecule has 3 rings (SSSR count). The van der Waals surface area contributed by atoms with Crippen molar-refractivity contribution in [1.29, 1.82) is 0 Å². The van der Waals surface area contributed by atoms with E-state index in [4.69, 9.17) is 4.74 Å². The maximum absolute atomic E-state index is 12.1. The Hall–Kier alpha value is -3.48. The molecule has 0 radical (unpaired) electrons. The van der Waals surface area contributed by atoms with Gasteiger partial charge in [0.2, 0.25) is 0 Å². The number of hydrogen-bond acceptors (Lipinski definition) is 6. The Morgan fingerprint density at radius 1 is 1.00 bits per heavy atom. The molecule has 0 amide bonds. The quantitative estimate of drug-likeness (QED) is 0.664. The first-order valence-electron chi connectivity index (χ1n) is 7.51. The largest absolute Gasteiger partial charge is 0.466 e. The van der Waals surface area contributed by atoms with Crippen LogP contribution in [0.5, 0.6) is 0 Å². The van der Waals surface area contributed by atoms with Crippen LogP contribution in [0.1, 0.15) is 10.6 Å². The average molecular weight is 337 g/mol. The van der Waals surface area contributed by atoms with Crippen molar-refractivity contribution in [3.8, 4) is 17.1 Å². The van der Waals surface area contributed by atoms with Gasteiger partial charge in [-0.15, -0.1) is 5.10 Å². The Labute approximate surface area is 143 Å². The molecule has 0 aliphatic rings. The van der Waals surface area contributed by atoms with E-state index in [-0.39, 0.29) is 5.82 Å². The number of aromatic nitrogens is 3. The molecule has 1 heterocycles. The van der Waals surface area contributed by atoms with E-state index < -0.39 is 18.5 Å². The van der Waals surface area contributed by atoms with Gasteiger partial charge in [-0.05, 0) is 12.1 Å². The van der Waals surface area contributed by atoms with Crippen LogP contribution >= 0.6 is 0 Å². The molecule has 0 aliphatic carbocycles. The Morgan fingerprint density at radius 2 is 1.64 bits per heavy atom. The average Bonchev–Trinajstić information content (AvgIpc) is 3.12. The molecular formula is C18H15N3O4. The van der Waals surface area contributed by atoms with Gasteiger partial charge in [0.15, 0.2) is 12.4 Å². The van der Waals surface area contributed by atoms with Crippen LogP contribution in [0.15, 0.2) is 60.7 Å². The number of carbonyl (C=O) groups is 2. The van der Waals surface area contributed by atoms with Crippen molar-refractivity contribution >= 4 is 11.9 Å². The number of nitrogens with zero attached hydrogens (tertiary/aromatic N) is 3. The number of esters is 2. The summed E-state index contributed by atoms with van der Waals surface area (Å²) in [6, 6.07) is 18.7. The number of ether oxygens (including phenoxy) is 2. The molecule has 0 bridgehead atoms. The van der Waals surface area contributed by atoms with Crippen molar-refractivity contribution in [2.75, 3.05) is 13.7 Å². The smallest absolute Gasteiger partial charge is 0.378 e. The summed E-state index contributed by atoms with van der Waals surface area (Å²) >= 11 is 0. The topological polar surface area (TPSA) is 83.3 Å². The van der Waals surface area contributed by atoms with E-state index >= 15 is 0 Å². The first kappa shape index (κ1) is 16.4. The van der Waals surface area contributed by atoms with Gasteiger partial charge in [0.05, 0.1) is 12.8 Å². The molecule has 2 aromatic carbocycles. The second kappa shape index (κ2) is 7.39. The Morgan fingerprint density at radius 3 is 2.28 bits per heavy atom. The first-order valence-corrected chi connectivity index (χ1v) is 7.51. The molecule has 3 aromatic rings. The van der Waals surface area contributed by atoms with E-state index in [0.717, 1.165) is 11.3 Å². The number of rotatable bonds is 5. The number of methoxy groups -OCH3 is 1. The van der Waals surface area contributed by atoms with Crippen molar-refractivity contribution in [1.82, 2.24) is 14.8 Å². The number of para-hydroxylation sites is 1. The third kappa shape index (κ3) is 3.72. The van der Waals surface area contributed by atoms with Crippen molar-refractivity contribution < 1.29 is 19.1 Å². The maximum Gasteiger partial charge on any atom is 0.378 e. The minimum atomic E-state index is -0.794. The molecule has 0 spiro atoms. The molecule has 25 heavy (non-hydrogen) atoms. The highest BCUT2D eigenvalue weighted by molar-refractivity contribution is 5.87. The lowest BCUT2D eigenvalue weighted by Gasteiger charge is -2.05. The van der Waals surface area contributed by atoms with E-state index in [1.54, 1.807) is 4.68 Å². The number of benzene rings is 2. The zero-order chi connectivity index (χ0) is 17.6. The zero-order valence-corrected chi connectivity index (χ0v) is 13.5. The summed E-state index contributed by atoms with van der Waals surface area (Å²) in [5.74, 6) is -1.08. The summed E-state index contributed by atoms with van der Waals surface area (Å²) in [6.45, 7) is -0.490. The molecule has 1 aromatic heterocycles. The molecular weight excluding hydrogens is 322 g/mol. The summed E-state index contributed by atoms with van der Waals surface area (Å²) < 4.78 is 10.9. The molecule has 0 atom stereocenters. The summed E-state index contributed by atoms with van der Waals surface area (Å²) in [5, 5.41) is 4.24. The van der Waals surface area contributed by atoms with Gasteiger partial charge in [0.1, 0.15) is 0 Å². The maximum atomic E-state index is 12.1. The molecule has 0 aliphatic heterocycles. The van der Waals surface area contributed by atoms with Gasteiger partial charge in [-0.25, -0.2) is 19.3 Å². The third-order valence-corrected chi connectivity index (χ3v) is 3.37. The molecule has 0 N–H and O–H groups in total. The fourth-order valence-electron chi connectivity index (χ4n) is 2.17. The Kier molecular flexibility index (Phi) is 4.84. The van der Waals surface area contributed by atoms with Crippen LogP contribution in [-0.2, 0) is 14.3 Å². The van der Waals surface area contributed by atoms with Crippen LogP contribution in [0.3, 0.4) is 0 Å². The van der Waals surface area contributed by atoms with Crippen molar-refractivity contribution in [3.63, 3.8) is 0 Å². The van der Waals surface area contributed by atoms with E-state index in [1.165, 1.54) is 7.11 Å². The molecule has 7 nitrogen and oxygen atoms in total. The summed E-state index contributed by atoms with van der Waals surface area (Å²) in [6.07, 6.45) is 0. The molecule has 0 saturated heterocycles. The SMILES string of the molecule is COC(=O)COC(=O)c1nc(-c2ccccc2)n(-c2ccccc2)n1. The fourth-order valence-corrected chi connectivity index (χ4v) is 2.17. The zero-order valence-electron chi connectivity index (χ0n) is 13.5. The van der Waals surface area contributed by atoms with Gasteiger partial charge in [-0.3, -0.25) is 0 Å². The lowest BCUT2D eigenvalue weighted by molar-refractivity contribution is -0.144. The molecule has 0 unspecified atom stereocenters. The van der Waals surface area contributed by atoms with Crippen LogP contribution in [0.25, 0.3) is 17.1 Å². The minimum Gasteiger partial charge on any atom is -0.466 e. The Balaban J connectivity index is 1.98. The van der Waals surface area contributed by atoms with E-state index in [0.29, 0.717) is 5.82 Å². The van der Waals surface area contributed by atoms with Crippen LogP contribution < -0.4 is 0 Å². The standard InChI is InChI=1S/C18H15N3O4/c1-24-15(22)12-25-18(23)16-19-17(13-8-4-2-5-9-13)21(20-16)14-10-6-3-7-11-14/h2-11H,12H2,1H3.